The van der Waals surface area contributed by atoms with Gasteiger partial charge in [-0.3, -0.25) is 4.79 Å². The highest BCUT2D eigenvalue weighted by Crippen LogP contribution is 2.07. The molecule has 0 atom stereocenters. The molecule has 0 spiro atoms. The van der Waals surface area contributed by atoms with Gasteiger partial charge in [-0.25, -0.2) is 0 Å². The van der Waals surface area contributed by atoms with Crippen molar-refractivity contribution in [1.82, 2.24) is 0 Å². The molecule has 1 fully saturated rings. The number of ketones is 1. The summed E-state index contributed by atoms with van der Waals surface area (Å²) in [6.07, 6.45) is -0.0361. The highest BCUT2D eigenvalue weighted by molar-refractivity contribution is 5.79. The van der Waals surface area contributed by atoms with E-state index in [-0.39, 0.29) is 18.7 Å². The fourth-order valence-electron chi connectivity index (χ4n) is 0.931. The molecule has 0 amide bonds. The molecular formula is C7H12O4. The summed E-state index contributed by atoms with van der Waals surface area (Å²) in [7, 11) is 1.49. The van der Waals surface area contributed by atoms with Crippen LogP contribution in [0.5, 0.6) is 0 Å². The van der Waals surface area contributed by atoms with Crippen LogP contribution in [0.15, 0.2) is 0 Å². The first-order valence-corrected chi connectivity index (χ1v) is 3.57. The fraction of sp³-hybridized carbons (Fsp3) is 0.857. The Hall–Kier alpha value is -0.450. The van der Waals surface area contributed by atoms with Gasteiger partial charge in [0, 0.05) is 7.11 Å². The number of rotatable bonds is 4. The number of carbonyl (C=O) groups excluding carboxylic acids is 1. The van der Waals surface area contributed by atoms with E-state index in [0.29, 0.717) is 19.6 Å². The summed E-state index contributed by atoms with van der Waals surface area (Å²) in [6.45, 7) is 1.32. The lowest BCUT2D eigenvalue weighted by Gasteiger charge is -2.06. The van der Waals surface area contributed by atoms with Crippen LogP contribution in [0.25, 0.3) is 0 Å². The Labute approximate surface area is 65.4 Å². The minimum atomic E-state index is -0.336. The minimum Gasteiger partial charge on any atom is -0.377 e. The smallest absolute Gasteiger partial charge is 0.164 e. The van der Waals surface area contributed by atoms with E-state index in [1.165, 1.54) is 7.11 Å². The van der Waals surface area contributed by atoms with Crippen LogP contribution < -0.4 is 0 Å². The van der Waals surface area contributed by atoms with Crippen molar-refractivity contribution in [2.75, 3.05) is 26.9 Å². The molecule has 0 saturated carbocycles. The van der Waals surface area contributed by atoms with E-state index in [1.54, 1.807) is 0 Å². The van der Waals surface area contributed by atoms with Crippen LogP contribution in [-0.4, -0.2) is 39.0 Å². The summed E-state index contributed by atoms with van der Waals surface area (Å²) >= 11 is 0. The van der Waals surface area contributed by atoms with Crippen LogP contribution in [0.4, 0.5) is 0 Å². The number of carbonyl (C=O) groups is 1. The molecule has 0 radical (unpaired) electrons. The van der Waals surface area contributed by atoms with E-state index in [4.69, 9.17) is 9.47 Å². The Morgan fingerprint density at radius 3 is 2.73 bits per heavy atom. The zero-order valence-corrected chi connectivity index (χ0v) is 6.54. The summed E-state index contributed by atoms with van der Waals surface area (Å²) in [5, 5.41) is 0. The van der Waals surface area contributed by atoms with E-state index in [1.807, 2.05) is 0 Å². The molecule has 64 valence electrons. The van der Waals surface area contributed by atoms with Gasteiger partial charge in [0.15, 0.2) is 12.1 Å². The van der Waals surface area contributed by atoms with E-state index < -0.39 is 0 Å². The summed E-state index contributed by atoms with van der Waals surface area (Å²) < 4.78 is 14.8. The van der Waals surface area contributed by atoms with Gasteiger partial charge >= 0.3 is 0 Å². The molecule has 1 aliphatic rings. The Morgan fingerprint density at radius 2 is 2.18 bits per heavy atom. The molecule has 11 heavy (non-hydrogen) atoms. The van der Waals surface area contributed by atoms with Gasteiger partial charge in [0.25, 0.3) is 0 Å². The molecule has 1 rings (SSSR count). The maximum atomic E-state index is 10.9. The molecule has 1 heterocycles. The van der Waals surface area contributed by atoms with Crippen molar-refractivity contribution < 1.29 is 19.0 Å². The van der Waals surface area contributed by atoms with Gasteiger partial charge in [0.05, 0.1) is 19.6 Å². The molecule has 1 aliphatic heterocycles. The first-order valence-electron chi connectivity index (χ1n) is 3.57. The third-order valence-corrected chi connectivity index (χ3v) is 1.39. The lowest BCUT2D eigenvalue weighted by Crippen LogP contribution is -2.17. The lowest BCUT2D eigenvalue weighted by atomic mass is 10.3. The van der Waals surface area contributed by atoms with E-state index in [2.05, 4.69) is 4.74 Å². The molecule has 0 aromatic heterocycles. The summed E-state index contributed by atoms with van der Waals surface area (Å²) in [6, 6.07) is 0. The highest BCUT2D eigenvalue weighted by Gasteiger charge is 2.18. The van der Waals surface area contributed by atoms with Crippen molar-refractivity contribution in [1.29, 1.82) is 0 Å². The van der Waals surface area contributed by atoms with Crippen molar-refractivity contribution in [3.63, 3.8) is 0 Å². The molecule has 0 aliphatic carbocycles. The summed E-state index contributed by atoms with van der Waals surface area (Å²) in [4.78, 5) is 10.9. The van der Waals surface area contributed by atoms with Gasteiger partial charge in [-0.2, -0.15) is 0 Å². The molecule has 0 aromatic carbocycles. The summed E-state index contributed by atoms with van der Waals surface area (Å²) in [5.74, 6) is 0.0133. The van der Waals surface area contributed by atoms with Crippen LogP contribution in [0.3, 0.4) is 0 Å². The second kappa shape index (κ2) is 4.43. The third kappa shape index (κ3) is 2.96. The van der Waals surface area contributed by atoms with Gasteiger partial charge in [-0.1, -0.05) is 0 Å². The minimum absolute atomic E-state index is 0.0133. The van der Waals surface area contributed by atoms with Crippen LogP contribution in [0, 0.1) is 0 Å². The van der Waals surface area contributed by atoms with Gasteiger partial charge in [0.2, 0.25) is 0 Å². The Kier molecular flexibility index (Phi) is 3.48. The van der Waals surface area contributed by atoms with E-state index in [0.717, 1.165) is 0 Å². The van der Waals surface area contributed by atoms with Crippen molar-refractivity contribution >= 4 is 5.78 Å². The third-order valence-electron chi connectivity index (χ3n) is 1.39. The second-order valence-corrected chi connectivity index (χ2v) is 2.35. The largest absolute Gasteiger partial charge is 0.377 e. The van der Waals surface area contributed by atoms with Crippen LogP contribution in [0.1, 0.15) is 6.42 Å². The molecule has 4 heteroatoms. The van der Waals surface area contributed by atoms with Gasteiger partial charge in [-0.05, 0) is 0 Å². The number of hydrogen-bond acceptors (Lipinski definition) is 4. The molecule has 4 nitrogen and oxygen atoms in total. The van der Waals surface area contributed by atoms with Crippen molar-refractivity contribution in [3.05, 3.63) is 0 Å². The van der Waals surface area contributed by atoms with Crippen LogP contribution in [-0.2, 0) is 19.0 Å². The second-order valence-electron chi connectivity index (χ2n) is 2.35. The number of hydrogen-bond donors (Lipinski definition) is 0. The van der Waals surface area contributed by atoms with E-state index >= 15 is 0 Å². The zero-order chi connectivity index (χ0) is 8.10. The zero-order valence-electron chi connectivity index (χ0n) is 6.54. The Balaban J connectivity index is 2.13. The first-order chi connectivity index (χ1) is 5.33. The molecule has 0 unspecified atom stereocenters. The average Bonchev–Trinajstić information content (AvgIpc) is 2.40. The average molecular weight is 160 g/mol. The first kappa shape index (κ1) is 8.64. The monoisotopic (exact) mass is 160 g/mol. The highest BCUT2D eigenvalue weighted by atomic mass is 16.7. The summed E-state index contributed by atoms with van der Waals surface area (Å²) in [5.41, 5.74) is 0. The normalized spacial score (nSPS) is 19.0. The quantitative estimate of drug-likeness (QED) is 0.579. The van der Waals surface area contributed by atoms with Crippen LogP contribution in [0.2, 0.25) is 0 Å². The fourth-order valence-corrected chi connectivity index (χ4v) is 0.931. The lowest BCUT2D eigenvalue weighted by molar-refractivity contribution is -0.130. The SMILES string of the molecule is COCC(=O)CC1OCCO1. The van der Waals surface area contributed by atoms with Gasteiger partial charge < -0.3 is 14.2 Å². The molecule has 1 saturated heterocycles. The topological polar surface area (TPSA) is 44.8 Å². The Morgan fingerprint density at radius 1 is 1.55 bits per heavy atom. The molecule has 0 N–H and O–H groups in total. The Bertz CT molecular complexity index is 128. The maximum absolute atomic E-state index is 10.9. The molecule has 0 aromatic rings. The number of methoxy groups -OCH3 is 1. The van der Waals surface area contributed by atoms with Gasteiger partial charge in [0.1, 0.15) is 6.61 Å². The van der Waals surface area contributed by atoms with Crippen LogP contribution >= 0.6 is 0 Å². The molecular weight excluding hydrogens is 148 g/mol. The number of ether oxygens (including phenoxy) is 3. The van der Waals surface area contributed by atoms with E-state index in [9.17, 15) is 4.79 Å². The predicted molar refractivity (Wildman–Crippen MR) is 37.2 cm³/mol. The van der Waals surface area contributed by atoms with Crippen molar-refractivity contribution in [3.8, 4) is 0 Å². The number of Topliss-reactive ketones (excluding diaryl/α,β-unsaturated/α-hetero) is 1. The standard InChI is InChI=1S/C7H12O4/c1-9-5-6(8)4-7-10-2-3-11-7/h7H,2-5H2,1H3. The van der Waals surface area contributed by atoms with Crippen molar-refractivity contribution in [2.24, 2.45) is 0 Å². The van der Waals surface area contributed by atoms with Gasteiger partial charge in [-0.15, -0.1) is 0 Å². The predicted octanol–water partition coefficient (Wildman–Crippen LogP) is -0.0351. The molecule has 0 bridgehead atoms. The maximum Gasteiger partial charge on any atom is 0.164 e. The van der Waals surface area contributed by atoms with Crippen molar-refractivity contribution in [2.45, 2.75) is 12.7 Å².